The van der Waals surface area contributed by atoms with E-state index < -0.39 is 4.83 Å². The van der Waals surface area contributed by atoms with Crippen molar-refractivity contribution in [2.45, 2.75) is 11.4 Å². The molecular formula is C11H11BrO4. The molecule has 0 saturated heterocycles. The van der Waals surface area contributed by atoms with Gasteiger partial charge in [-0.15, -0.1) is 0 Å². The summed E-state index contributed by atoms with van der Waals surface area (Å²) in [5.74, 6) is 0.982. The van der Waals surface area contributed by atoms with Gasteiger partial charge in [-0.3, -0.25) is 4.79 Å². The predicted molar refractivity (Wildman–Crippen MR) is 61.0 cm³/mol. The van der Waals surface area contributed by atoms with E-state index in [2.05, 4.69) is 15.9 Å². The molecule has 0 saturated carbocycles. The number of hydrogen-bond donors (Lipinski definition) is 0. The van der Waals surface area contributed by atoms with E-state index in [4.69, 9.17) is 14.2 Å². The number of cyclic esters (lactones) is 1. The second kappa shape index (κ2) is 4.33. The van der Waals surface area contributed by atoms with Crippen molar-refractivity contribution in [3.8, 4) is 11.5 Å². The van der Waals surface area contributed by atoms with Gasteiger partial charge < -0.3 is 14.2 Å². The summed E-state index contributed by atoms with van der Waals surface area (Å²) in [5, 5.41) is 0. The third-order valence-electron chi connectivity index (χ3n) is 2.52. The van der Waals surface area contributed by atoms with Crippen molar-refractivity contribution in [1.82, 2.24) is 0 Å². The fourth-order valence-corrected chi connectivity index (χ4v) is 2.30. The first-order chi connectivity index (χ1) is 7.69. The van der Waals surface area contributed by atoms with Gasteiger partial charge in [-0.25, -0.2) is 0 Å². The van der Waals surface area contributed by atoms with Crippen LogP contribution in [0.1, 0.15) is 16.0 Å². The number of carbonyl (C=O) groups excluding carboxylic acids is 1. The number of fused-ring (bicyclic) bond motifs is 1. The van der Waals surface area contributed by atoms with Crippen molar-refractivity contribution in [2.75, 3.05) is 14.2 Å². The Hall–Kier alpha value is -1.23. The first kappa shape index (κ1) is 11.3. The molecule has 16 heavy (non-hydrogen) atoms. The van der Waals surface area contributed by atoms with Crippen molar-refractivity contribution < 1.29 is 19.0 Å². The zero-order valence-corrected chi connectivity index (χ0v) is 10.5. The Balaban J connectivity index is 2.56. The van der Waals surface area contributed by atoms with Crippen LogP contribution in [0.5, 0.6) is 11.5 Å². The molecule has 1 unspecified atom stereocenters. The summed E-state index contributed by atoms with van der Waals surface area (Å²) in [6, 6.07) is 3.63. The highest BCUT2D eigenvalue weighted by Gasteiger charge is 2.30. The quantitative estimate of drug-likeness (QED) is 0.618. The molecule has 0 spiro atoms. The Bertz CT molecular complexity index is 430. The van der Waals surface area contributed by atoms with Crippen molar-refractivity contribution in [3.05, 3.63) is 23.3 Å². The monoisotopic (exact) mass is 286 g/mol. The molecule has 0 aliphatic carbocycles. The van der Waals surface area contributed by atoms with E-state index in [1.807, 2.05) is 6.07 Å². The molecule has 86 valence electrons. The van der Waals surface area contributed by atoms with Gasteiger partial charge in [0.25, 0.3) is 0 Å². The molecule has 1 aromatic carbocycles. The van der Waals surface area contributed by atoms with Crippen LogP contribution in [0.3, 0.4) is 0 Å². The lowest BCUT2D eigenvalue weighted by atomic mass is 10.0. The van der Waals surface area contributed by atoms with Gasteiger partial charge in [-0.1, -0.05) is 22.0 Å². The molecule has 0 bridgehead atoms. The number of alkyl halides is 1. The van der Waals surface area contributed by atoms with Gasteiger partial charge >= 0.3 is 5.97 Å². The lowest BCUT2D eigenvalue weighted by Gasteiger charge is -2.23. The average molecular weight is 287 g/mol. The van der Waals surface area contributed by atoms with E-state index in [-0.39, 0.29) is 12.6 Å². The Morgan fingerprint density at radius 2 is 2.12 bits per heavy atom. The van der Waals surface area contributed by atoms with Crippen LogP contribution in [0.25, 0.3) is 0 Å². The van der Waals surface area contributed by atoms with Gasteiger partial charge in [0, 0.05) is 5.56 Å². The maximum Gasteiger partial charge on any atom is 0.324 e. The number of rotatable bonds is 2. The molecule has 0 fully saturated rings. The Morgan fingerprint density at radius 3 is 2.75 bits per heavy atom. The van der Waals surface area contributed by atoms with Crippen molar-refractivity contribution in [2.24, 2.45) is 0 Å². The number of ether oxygens (including phenoxy) is 3. The van der Waals surface area contributed by atoms with E-state index in [9.17, 15) is 4.79 Å². The Labute approximate surface area is 102 Å². The third-order valence-corrected chi connectivity index (χ3v) is 3.39. The summed E-state index contributed by atoms with van der Waals surface area (Å²) in [6.07, 6.45) is 0. The summed E-state index contributed by atoms with van der Waals surface area (Å²) in [7, 11) is 3.14. The molecule has 1 atom stereocenters. The lowest BCUT2D eigenvalue weighted by molar-refractivity contribution is -0.145. The van der Waals surface area contributed by atoms with Crippen LogP contribution < -0.4 is 9.47 Å². The van der Waals surface area contributed by atoms with E-state index in [0.717, 1.165) is 11.1 Å². The van der Waals surface area contributed by atoms with Gasteiger partial charge in [-0.05, 0) is 11.6 Å². The van der Waals surface area contributed by atoms with Crippen LogP contribution in [0.15, 0.2) is 12.1 Å². The first-order valence-corrected chi connectivity index (χ1v) is 5.65. The fraction of sp³-hybridized carbons (Fsp3) is 0.364. The Morgan fingerprint density at radius 1 is 1.38 bits per heavy atom. The van der Waals surface area contributed by atoms with E-state index in [0.29, 0.717) is 11.5 Å². The molecule has 1 aliphatic heterocycles. The molecular weight excluding hydrogens is 276 g/mol. The smallest absolute Gasteiger partial charge is 0.324 e. The van der Waals surface area contributed by atoms with E-state index in [1.54, 1.807) is 20.3 Å². The highest BCUT2D eigenvalue weighted by molar-refractivity contribution is 9.09. The normalized spacial score (nSPS) is 18.7. The maximum absolute atomic E-state index is 11.4. The van der Waals surface area contributed by atoms with Gasteiger partial charge in [0.05, 0.1) is 14.2 Å². The SMILES string of the molecule is COc1ccc2c(c1OC)COC(=O)C2Br. The zero-order chi connectivity index (χ0) is 11.7. The molecule has 0 N–H and O–H groups in total. The number of hydrogen-bond acceptors (Lipinski definition) is 4. The van der Waals surface area contributed by atoms with Gasteiger partial charge in [-0.2, -0.15) is 0 Å². The molecule has 4 nitrogen and oxygen atoms in total. The number of carbonyl (C=O) groups is 1. The van der Waals surface area contributed by atoms with Crippen LogP contribution in [0, 0.1) is 0 Å². The van der Waals surface area contributed by atoms with E-state index >= 15 is 0 Å². The van der Waals surface area contributed by atoms with Crippen molar-refractivity contribution in [1.29, 1.82) is 0 Å². The molecule has 1 aliphatic rings. The van der Waals surface area contributed by atoms with Crippen LogP contribution in [-0.4, -0.2) is 20.2 Å². The second-order valence-corrected chi connectivity index (χ2v) is 4.25. The molecule has 0 radical (unpaired) electrons. The molecule has 1 aromatic rings. The average Bonchev–Trinajstić information content (AvgIpc) is 2.32. The number of methoxy groups -OCH3 is 2. The maximum atomic E-state index is 11.4. The van der Waals surface area contributed by atoms with Crippen LogP contribution in [0.2, 0.25) is 0 Å². The molecule has 2 rings (SSSR count). The minimum absolute atomic E-state index is 0.219. The second-order valence-electron chi connectivity index (χ2n) is 3.34. The molecule has 1 heterocycles. The molecule has 0 aromatic heterocycles. The number of esters is 1. The van der Waals surface area contributed by atoms with Crippen molar-refractivity contribution in [3.63, 3.8) is 0 Å². The largest absolute Gasteiger partial charge is 0.493 e. The predicted octanol–water partition coefficient (Wildman–Crippen LogP) is 2.20. The van der Waals surface area contributed by atoms with Crippen molar-refractivity contribution >= 4 is 21.9 Å². The minimum atomic E-state index is -0.434. The van der Waals surface area contributed by atoms with E-state index in [1.165, 1.54) is 0 Å². The lowest BCUT2D eigenvalue weighted by Crippen LogP contribution is -2.19. The standard InChI is InChI=1S/C11H11BrO4/c1-14-8-4-3-6-7(10(8)15-2)5-16-11(13)9(6)12/h3-4,9H,5H2,1-2H3. The van der Waals surface area contributed by atoms with Gasteiger partial charge in [0.15, 0.2) is 11.5 Å². The molecule has 5 heteroatoms. The van der Waals surface area contributed by atoms with Crippen LogP contribution >= 0.6 is 15.9 Å². The van der Waals surface area contributed by atoms with Crippen LogP contribution in [0.4, 0.5) is 0 Å². The third kappa shape index (κ3) is 1.65. The Kier molecular flexibility index (Phi) is 3.05. The molecule has 0 amide bonds. The summed E-state index contributed by atoms with van der Waals surface area (Å²) in [4.78, 5) is 10.9. The summed E-state index contributed by atoms with van der Waals surface area (Å²) in [5.41, 5.74) is 1.72. The highest BCUT2D eigenvalue weighted by Crippen LogP contribution is 2.41. The zero-order valence-electron chi connectivity index (χ0n) is 8.95. The number of benzene rings is 1. The first-order valence-electron chi connectivity index (χ1n) is 4.73. The topological polar surface area (TPSA) is 44.8 Å². The summed E-state index contributed by atoms with van der Waals surface area (Å²) < 4.78 is 15.5. The summed E-state index contributed by atoms with van der Waals surface area (Å²) >= 11 is 3.29. The van der Waals surface area contributed by atoms with Gasteiger partial charge in [0.2, 0.25) is 0 Å². The minimum Gasteiger partial charge on any atom is -0.493 e. The highest BCUT2D eigenvalue weighted by atomic mass is 79.9. The summed E-state index contributed by atoms with van der Waals surface area (Å²) in [6.45, 7) is 0.219. The number of halogens is 1. The van der Waals surface area contributed by atoms with Gasteiger partial charge in [0.1, 0.15) is 11.4 Å². The van der Waals surface area contributed by atoms with Crippen LogP contribution in [-0.2, 0) is 16.1 Å². The fourth-order valence-electron chi connectivity index (χ4n) is 1.74.